The van der Waals surface area contributed by atoms with Gasteiger partial charge < -0.3 is 10.1 Å². The van der Waals surface area contributed by atoms with Crippen LogP contribution in [0.3, 0.4) is 0 Å². The zero-order chi connectivity index (χ0) is 12.6. The molecule has 0 spiro atoms. The minimum Gasteiger partial charge on any atom is -0.383 e. The monoisotopic (exact) mass is 254 g/mol. The molecule has 0 saturated carbocycles. The maximum absolute atomic E-state index is 13.0. The largest absolute Gasteiger partial charge is 0.383 e. The lowest BCUT2D eigenvalue weighted by Crippen LogP contribution is -2.17. The van der Waals surface area contributed by atoms with E-state index in [1.807, 2.05) is 0 Å². The lowest BCUT2D eigenvalue weighted by Gasteiger charge is -2.12. The molecule has 0 aliphatic rings. The highest BCUT2D eigenvalue weighted by Gasteiger charge is 2.20. The number of aromatic nitrogens is 2. The van der Waals surface area contributed by atoms with Crippen molar-refractivity contribution in [2.24, 2.45) is 0 Å². The molecule has 0 atom stereocenters. The summed E-state index contributed by atoms with van der Waals surface area (Å²) >= 11 is 5.70. The topological polar surface area (TPSA) is 48.9 Å². The molecule has 0 bridgehead atoms. The van der Waals surface area contributed by atoms with Crippen molar-refractivity contribution in [2.45, 2.75) is 19.4 Å². The van der Waals surface area contributed by atoms with Crippen molar-refractivity contribution in [3.63, 3.8) is 0 Å². The van der Waals surface area contributed by atoms with Crippen molar-refractivity contribution in [3.05, 3.63) is 41.1 Å². The molecule has 0 aliphatic heterocycles. The first-order valence-electron chi connectivity index (χ1n) is 5.11. The molecule has 2 aromatic rings. The van der Waals surface area contributed by atoms with E-state index in [-0.39, 0.29) is 5.02 Å². The fraction of sp³-hybridized carbons (Fsp3) is 0.250. The van der Waals surface area contributed by atoms with Crippen LogP contribution in [0.25, 0.3) is 11.3 Å². The first kappa shape index (κ1) is 12.1. The Morgan fingerprint density at radius 1 is 1.41 bits per heavy atom. The van der Waals surface area contributed by atoms with Gasteiger partial charge in [-0.2, -0.15) is 0 Å². The standard InChI is InChI=1S/C12H12ClFN2O/c1-12(2,17)11-15-6-10(16-11)7-3-4-9(14)8(13)5-7/h3-6,17H,1-2H3,(H,15,16). The van der Waals surface area contributed by atoms with Crippen LogP contribution >= 0.6 is 11.6 Å². The summed E-state index contributed by atoms with van der Waals surface area (Å²) in [4.78, 5) is 7.05. The van der Waals surface area contributed by atoms with Gasteiger partial charge in [0, 0.05) is 5.56 Å². The Hall–Kier alpha value is -1.39. The van der Waals surface area contributed by atoms with Crippen molar-refractivity contribution < 1.29 is 9.50 Å². The molecule has 0 radical (unpaired) electrons. The van der Waals surface area contributed by atoms with Gasteiger partial charge in [-0.1, -0.05) is 11.6 Å². The molecule has 17 heavy (non-hydrogen) atoms. The number of hydrogen-bond donors (Lipinski definition) is 2. The van der Waals surface area contributed by atoms with Gasteiger partial charge in [0.2, 0.25) is 0 Å². The second kappa shape index (κ2) is 4.13. The summed E-state index contributed by atoms with van der Waals surface area (Å²) in [6.45, 7) is 3.26. The quantitative estimate of drug-likeness (QED) is 0.865. The number of nitrogens with zero attached hydrogens (tertiary/aromatic N) is 1. The third-order valence-corrected chi connectivity index (χ3v) is 2.68. The predicted octanol–water partition coefficient (Wildman–Crippen LogP) is 3.10. The molecule has 1 heterocycles. The summed E-state index contributed by atoms with van der Waals surface area (Å²) in [5.41, 5.74) is 0.366. The van der Waals surface area contributed by atoms with Crippen molar-refractivity contribution in [1.82, 2.24) is 9.97 Å². The Morgan fingerprint density at radius 3 is 2.65 bits per heavy atom. The van der Waals surface area contributed by atoms with Crippen LogP contribution < -0.4 is 0 Å². The Morgan fingerprint density at radius 2 is 2.12 bits per heavy atom. The molecule has 3 nitrogen and oxygen atoms in total. The van der Waals surface area contributed by atoms with Crippen LogP contribution in [0.1, 0.15) is 19.7 Å². The Bertz CT molecular complexity index is 546. The maximum atomic E-state index is 13.0. The van der Waals surface area contributed by atoms with Gasteiger partial charge in [-0.3, -0.25) is 0 Å². The summed E-state index contributed by atoms with van der Waals surface area (Å²) in [6.07, 6.45) is 1.58. The van der Waals surface area contributed by atoms with Crippen molar-refractivity contribution in [2.75, 3.05) is 0 Å². The van der Waals surface area contributed by atoms with Crippen LogP contribution in [0, 0.1) is 5.82 Å². The molecule has 2 rings (SSSR count). The Kier molecular flexibility index (Phi) is 2.93. The van der Waals surface area contributed by atoms with E-state index in [2.05, 4.69) is 9.97 Å². The molecule has 90 valence electrons. The zero-order valence-electron chi connectivity index (χ0n) is 9.46. The van der Waals surface area contributed by atoms with E-state index in [9.17, 15) is 9.50 Å². The van der Waals surface area contributed by atoms with Gasteiger partial charge in [0.25, 0.3) is 0 Å². The minimum absolute atomic E-state index is 0.0573. The summed E-state index contributed by atoms with van der Waals surface area (Å²) < 4.78 is 13.0. The highest BCUT2D eigenvalue weighted by atomic mass is 35.5. The van der Waals surface area contributed by atoms with E-state index in [1.165, 1.54) is 12.1 Å². The first-order chi connectivity index (χ1) is 7.88. The van der Waals surface area contributed by atoms with Crippen LogP contribution in [-0.4, -0.2) is 15.1 Å². The van der Waals surface area contributed by atoms with Gasteiger partial charge in [-0.15, -0.1) is 0 Å². The molecule has 1 aromatic carbocycles. The molecule has 1 aromatic heterocycles. The smallest absolute Gasteiger partial charge is 0.141 e. The SMILES string of the molecule is CC(C)(O)c1ncc(-c2ccc(F)c(Cl)c2)[nH]1. The van der Waals surface area contributed by atoms with Crippen molar-refractivity contribution in [1.29, 1.82) is 0 Å². The molecule has 0 amide bonds. The van der Waals surface area contributed by atoms with Crippen LogP contribution in [0.2, 0.25) is 5.02 Å². The lowest BCUT2D eigenvalue weighted by atomic mass is 10.1. The number of aromatic amines is 1. The molecule has 0 unspecified atom stereocenters. The molecule has 5 heteroatoms. The van der Waals surface area contributed by atoms with Crippen LogP contribution in [0.15, 0.2) is 24.4 Å². The molecule has 0 fully saturated rings. The fourth-order valence-corrected chi connectivity index (χ4v) is 1.62. The molecule has 2 N–H and O–H groups in total. The number of nitrogens with one attached hydrogen (secondary N) is 1. The van der Waals surface area contributed by atoms with Crippen LogP contribution in [0.5, 0.6) is 0 Å². The summed E-state index contributed by atoms with van der Waals surface area (Å²) in [5.74, 6) is -0.00871. The van der Waals surface area contributed by atoms with Crippen molar-refractivity contribution >= 4 is 11.6 Å². The lowest BCUT2D eigenvalue weighted by molar-refractivity contribution is 0.0697. The number of halogens is 2. The zero-order valence-corrected chi connectivity index (χ0v) is 10.2. The normalized spacial score (nSPS) is 11.8. The molecular weight excluding hydrogens is 243 g/mol. The van der Waals surface area contributed by atoms with E-state index in [0.29, 0.717) is 11.5 Å². The van der Waals surface area contributed by atoms with E-state index < -0.39 is 11.4 Å². The summed E-state index contributed by atoms with van der Waals surface area (Å²) in [6, 6.07) is 4.41. The third kappa shape index (κ3) is 2.48. The van der Waals surface area contributed by atoms with Crippen LogP contribution in [-0.2, 0) is 5.60 Å². The number of H-pyrrole nitrogens is 1. The molecular formula is C12H12ClFN2O. The van der Waals surface area contributed by atoms with E-state index in [0.717, 1.165) is 5.56 Å². The van der Waals surface area contributed by atoms with Gasteiger partial charge in [0.15, 0.2) is 0 Å². The third-order valence-electron chi connectivity index (χ3n) is 2.39. The van der Waals surface area contributed by atoms with Crippen LogP contribution in [0.4, 0.5) is 4.39 Å². The maximum Gasteiger partial charge on any atom is 0.141 e. The average molecular weight is 255 g/mol. The Labute approximate surface area is 103 Å². The van der Waals surface area contributed by atoms with Gasteiger partial charge in [0.1, 0.15) is 17.2 Å². The number of rotatable bonds is 2. The molecule has 0 aliphatic carbocycles. The average Bonchev–Trinajstić information content (AvgIpc) is 2.70. The minimum atomic E-state index is -1.04. The second-order valence-corrected chi connectivity index (χ2v) is 4.74. The summed E-state index contributed by atoms with van der Waals surface area (Å²) in [7, 11) is 0. The Balaban J connectivity index is 2.40. The fourth-order valence-electron chi connectivity index (χ4n) is 1.44. The highest BCUT2D eigenvalue weighted by Crippen LogP contribution is 2.25. The predicted molar refractivity (Wildman–Crippen MR) is 64.2 cm³/mol. The van der Waals surface area contributed by atoms with Crippen molar-refractivity contribution in [3.8, 4) is 11.3 Å². The number of imidazole rings is 1. The second-order valence-electron chi connectivity index (χ2n) is 4.33. The molecule has 0 saturated heterocycles. The van der Waals surface area contributed by atoms with Gasteiger partial charge in [0.05, 0.1) is 16.9 Å². The van der Waals surface area contributed by atoms with E-state index in [1.54, 1.807) is 26.1 Å². The number of aliphatic hydroxyl groups is 1. The highest BCUT2D eigenvalue weighted by molar-refractivity contribution is 6.31. The summed E-state index contributed by atoms with van der Waals surface area (Å²) in [5, 5.41) is 9.83. The number of hydrogen-bond acceptors (Lipinski definition) is 2. The van der Waals surface area contributed by atoms with Gasteiger partial charge >= 0.3 is 0 Å². The number of benzene rings is 1. The van der Waals surface area contributed by atoms with Gasteiger partial charge in [-0.05, 0) is 32.0 Å². The van der Waals surface area contributed by atoms with Gasteiger partial charge in [-0.25, -0.2) is 9.37 Å². The first-order valence-corrected chi connectivity index (χ1v) is 5.49. The van der Waals surface area contributed by atoms with E-state index in [4.69, 9.17) is 11.6 Å². The van der Waals surface area contributed by atoms with E-state index >= 15 is 0 Å².